The molecule has 1 aliphatic carbocycles. The third-order valence-corrected chi connectivity index (χ3v) is 5.55. The molecular weight excluding hydrogens is 458 g/mol. The Morgan fingerprint density at radius 2 is 1.86 bits per heavy atom. The first-order valence-electron chi connectivity index (χ1n) is 11.4. The number of phenols is 1. The molecule has 0 saturated heterocycles. The molecule has 11 heteroatoms. The van der Waals surface area contributed by atoms with Crippen LogP contribution in [0, 0.1) is 12.8 Å². The lowest BCUT2D eigenvalue weighted by Gasteiger charge is -2.34. The van der Waals surface area contributed by atoms with Gasteiger partial charge in [-0.2, -0.15) is 0 Å². The van der Waals surface area contributed by atoms with Crippen LogP contribution in [-0.2, 0) is 23.9 Å². The van der Waals surface area contributed by atoms with Crippen molar-refractivity contribution in [1.29, 1.82) is 0 Å². The van der Waals surface area contributed by atoms with Gasteiger partial charge in [-0.15, -0.1) is 0 Å². The molecule has 0 aliphatic heterocycles. The number of aromatic hydroxyl groups is 1. The SMILES string of the molecule is COC(=O)CNC(=O)C(c1ccc(O)c(C)c1)N(C(=O)C(CO)NC(=O)OC(C)(C)C)C1CC1C. The highest BCUT2D eigenvalue weighted by Crippen LogP contribution is 2.41. The number of methoxy groups -OCH3 is 1. The average Bonchev–Trinajstić information content (AvgIpc) is 3.49. The van der Waals surface area contributed by atoms with E-state index in [9.17, 15) is 29.4 Å². The predicted molar refractivity (Wildman–Crippen MR) is 125 cm³/mol. The molecule has 1 saturated carbocycles. The van der Waals surface area contributed by atoms with Crippen LogP contribution < -0.4 is 10.6 Å². The molecule has 0 radical (unpaired) electrons. The second-order valence-electron chi connectivity index (χ2n) is 9.65. The van der Waals surface area contributed by atoms with Crippen molar-refractivity contribution in [2.75, 3.05) is 20.3 Å². The van der Waals surface area contributed by atoms with Gasteiger partial charge in [-0.05, 0) is 63.3 Å². The molecule has 194 valence electrons. The molecule has 0 bridgehead atoms. The number of carbonyl (C=O) groups excluding carboxylic acids is 4. The monoisotopic (exact) mass is 493 g/mol. The number of alkyl carbamates (subject to hydrolysis) is 1. The number of aliphatic hydroxyl groups excluding tert-OH is 1. The number of aliphatic hydroxyl groups is 1. The molecule has 0 spiro atoms. The van der Waals surface area contributed by atoms with Crippen molar-refractivity contribution in [3.8, 4) is 5.75 Å². The fourth-order valence-electron chi connectivity index (χ4n) is 3.60. The van der Waals surface area contributed by atoms with E-state index in [1.807, 2.05) is 6.92 Å². The highest BCUT2D eigenvalue weighted by Gasteiger charge is 2.48. The minimum Gasteiger partial charge on any atom is -0.508 e. The maximum Gasteiger partial charge on any atom is 0.408 e. The van der Waals surface area contributed by atoms with Crippen LogP contribution in [0.5, 0.6) is 5.75 Å². The van der Waals surface area contributed by atoms with Crippen LogP contribution in [-0.4, -0.2) is 76.9 Å². The lowest BCUT2D eigenvalue weighted by Crippen LogP contribution is -2.55. The standard InChI is InChI=1S/C24H35N3O8/c1-13-10-17(13)27(22(32)16(12-28)26-23(33)35-24(3,4)5)20(21(31)25-11-19(30)34-6)15-7-8-18(29)14(2)9-15/h7-9,13,16-17,20,28-29H,10-12H2,1-6H3,(H,25,31)(H,26,33). The average molecular weight is 494 g/mol. The Morgan fingerprint density at radius 3 is 2.34 bits per heavy atom. The zero-order chi connectivity index (χ0) is 26.5. The van der Waals surface area contributed by atoms with Gasteiger partial charge in [0.2, 0.25) is 11.8 Å². The van der Waals surface area contributed by atoms with Gasteiger partial charge < -0.3 is 35.2 Å². The largest absolute Gasteiger partial charge is 0.508 e. The lowest BCUT2D eigenvalue weighted by atomic mass is 10.00. The molecule has 4 unspecified atom stereocenters. The first-order valence-corrected chi connectivity index (χ1v) is 11.4. The van der Waals surface area contributed by atoms with Crippen molar-refractivity contribution < 1.29 is 38.9 Å². The fourth-order valence-corrected chi connectivity index (χ4v) is 3.60. The summed E-state index contributed by atoms with van der Waals surface area (Å²) in [5.74, 6) is -1.93. The van der Waals surface area contributed by atoms with Gasteiger partial charge in [0.15, 0.2) is 0 Å². The van der Waals surface area contributed by atoms with Gasteiger partial charge in [0.1, 0.15) is 30.0 Å². The van der Waals surface area contributed by atoms with E-state index >= 15 is 0 Å². The normalized spacial score (nSPS) is 18.6. The second-order valence-corrected chi connectivity index (χ2v) is 9.65. The van der Waals surface area contributed by atoms with Crippen LogP contribution >= 0.6 is 0 Å². The number of ether oxygens (including phenoxy) is 2. The number of carbonyl (C=O) groups is 4. The third-order valence-electron chi connectivity index (χ3n) is 5.55. The summed E-state index contributed by atoms with van der Waals surface area (Å²) < 4.78 is 9.79. The summed E-state index contributed by atoms with van der Waals surface area (Å²) in [7, 11) is 1.19. The highest BCUT2D eigenvalue weighted by atomic mass is 16.6. The summed E-state index contributed by atoms with van der Waals surface area (Å²) in [5, 5.41) is 24.8. The predicted octanol–water partition coefficient (Wildman–Crippen LogP) is 1.15. The Hall–Kier alpha value is -3.34. The Morgan fingerprint density at radius 1 is 1.23 bits per heavy atom. The van der Waals surface area contributed by atoms with E-state index in [0.29, 0.717) is 17.5 Å². The molecule has 0 heterocycles. The van der Waals surface area contributed by atoms with E-state index < -0.39 is 54.7 Å². The summed E-state index contributed by atoms with van der Waals surface area (Å²) >= 11 is 0. The molecule has 4 atom stereocenters. The van der Waals surface area contributed by atoms with E-state index in [1.54, 1.807) is 33.8 Å². The number of hydrogen-bond donors (Lipinski definition) is 4. The molecule has 4 N–H and O–H groups in total. The van der Waals surface area contributed by atoms with Crippen molar-refractivity contribution >= 4 is 23.9 Å². The number of esters is 1. The van der Waals surface area contributed by atoms with Crippen LogP contribution in [0.1, 0.15) is 51.3 Å². The van der Waals surface area contributed by atoms with Gasteiger partial charge >= 0.3 is 12.1 Å². The fraction of sp³-hybridized carbons (Fsp3) is 0.583. The number of hydrogen-bond acceptors (Lipinski definition) is 8. The second kappa shape index (κ2) is 11.4. The molecule has 11 nitrogen and oxygen atoms in total. The zero-order valence-corrected chi connectivity index (χ0v) is 21.0. The zero-order valence-electron chi connectivity index (χ0n) is 21.0. The van der Waals surface area contributed by atoms with Crippen LogP contribution in [0.2, 0.25) is 0 Å². The summed E-state index contributed by atoms with van der Waals surface area (Å²) in [6, 6.07) is 1.57. The van der Waals surface area contributed by atoms with E-state index in [0.717, 1.165) is 0 Å². The number of nitrogens with zero attached hydrogens (tertiary/aromatic N) is 1. The molecule has 1 aliphatic rings. The number of rotatable bonds is 9. The molecular formula is C24H35N3O8. The highest BCUT2D eigenvalue weighted by molar-refractivity contribution is 5.93. The molecule has 2 rings (SSSR count). The summed E-state index contributed by atoms with van der Waals surface area (Å²) in [6.45, 7) is 7.41. The topological polar surface area (TPSA) is 154 Å². The molecule has 35 heavy (non-hydrogen) atoms. The Bertz CT molecular complexity index is 959. The smallest absolute Gasteiger partial charge is 0.408 e. The van der Waals surface area contributed by atoms with Gasteiger partial charge in [0.25, 0.3) is 0 Å². The number of nitrogens with one attached hydrogen (secondary N) is 2. The van der Waals surface area contributed by atoms with Gasteiger partial charge in [-0.25, -0.2) is 4.79 Å². The van der Waals surface area contributed by atoms with Gasteiger partial charge in [0.05, 0.1) is 13.7 Å². The Labute approximate surface area is 204 Å². The maximum atomic E-state index is 13.6. The number of benzene rings is 1. The Kier molecular flexibility index (Phi) is 9.08. The van der Waals surface area contributed by atoms with E-state index in [-0.39, 0.29) is 17.7 Å². The van der Waals surface area contributed by atoms with E-state index in [2.05, 4.69) is 15.4 Å². The van der Waals surface area contributed by atoms with Crippen molar-refractivity contribution in [2.24, 2.45) is 5.92 Å². The van der Waals surface area contributed by atoms with Crippen molar-refractivity contribution in [2.45, 2.75) is 64.8 Å². The number of amides is 3. The molecule has 1 aromatic carbocycles. The van der Waals surface area contributed by atoms with Crippen molar-refractivity contribution in [1.82, 2.24) is 15.5 Å². The van der Waals surface area contributed by atoms with E-state index in [4.69, 9.17) is 4.74 Å². The lowest BCUT2D eigenvalue weighted by molar-refractivity contribution is -0.145. The molecule has 1 aromatic rings. The molecule has 0 aromatic heterocycles. The summed E-state index contributed by atoms with van der Waals surface area (Å²) in [5.41, 5.74) is 0.0525. The Balaban J connectivity index is 2.44. The first-order chi connectivity index (χ1) is 16.3. The van der Waals surface area contributed by atoms with Gasteiger partial charge in [-0.1, -0.05) is 13.0 Å². The minimum absolute atomic E-state index is 0.0139. The quantitative estimate of drug-likeness (QED) is 0.374. The first kappa shape index (κ1) is 27.9. The molecule has 1 fully saturated rings. The van der Waals surface area contributed by atoms with Crippen LogP contribution in [0.4, 0.5) is 4.79 Å². The van der Waals surface area contributed by atoms with E-state index in [1.165, 1.54) is 24.1 Å². The van der Waals surface area contributed by atoms with Crippen molar-refractivity contribution in [3.63, 3.8) is 0 Å². The molecule has 3 amide bonds. The number of aryl methyl sites for hydroxylation is 1. The van der Waals surface area contributed by atoms with Crippen LogP contribution in [0.15, 0.2) is 18.2 Å². The van der Waals surface area contributed by atoms with Gasteiger partial charge in [0, 0.05) is 6.04 Å². The van der Waals surface area contributed by atoms with Crippen LogP contribution in [0.3, 0.4) is 0 Å². The summed E-state index contributed by atoms with van der Waals surface area (Å²) in [6.07, 6.45) is -0.283. The third kappa shape index (κ3) is 7.57. The minimum atomic E-state index is -1.37. The number of phenolic OH excluding ortho intramolecular Hbond substituents is 1. The van der Waals surface area contributed by atoms with Gasteiger partial charge in [-0.3, -0.25) is 14.4 Å². The van der Waals surface area contributed by atoms with Crippen molar-refractivity contribution in [3.05, 3.63) is 29.3 Å². The maximum absolute atomic E-state index is 13.6. The summed E-state index contributed by atoms with van der Waals surface area (Å²) in [4.78, 5) is 52.2. The van der Waals surface area contributed by atoms with Crippen LogP contribution in [0.25, 0.3) is 0 Å².